The van der Waals surface area contributed by atoms with Gasteiger partial charge in [0.25, 0.3) is 5.56 Å². The summed E-state index contributed by atoms with van der Waals surface area (Å²) in [4.78, 5) is 35.4. The third-order valence-electron chi connectivity index (χ3n) is 6.96. The smallest absolute Gasteiger partial charge is 0.250 e. The molecule has 2 aromatic heterocycles. The van der Waals surface area contributed by atoms with Crippen molar-refractivity contribution in [2.75, 3.05) is 0 Å². The number of piperidine rings is 1. The molecule has 2 aromatic rings. The van der Waals surface area contributed by atoms with E-state index >= 15 is 0 Å². The number of nitrogens with zero attached hydrogens (tertiary/aromatic N) is 4. The Morgan fingerprint density at radius 3 is 2.73 bits per heavy atom. The van der Waals surface area contributed by atoms with E-state index in [0.29, 0.717) is 37.3 Å². The number of aliphatic hydroxyl groups is 1. The highest BCUT2D eigenvalue weighted by Gasteiger charge is 2.31. The molecule has 0 bridgehead atoms. The Balaban J connectivity index is 1.36. The molecule has 2 N–H and O–H groups in total. The fraction of sp³-hybridized carbons (Fsp3) is 0.625. The number of amides is 2. The Morgan fingerprint density at radius 2 is 2.00 bits per heavy atom. The van der Waals surface area contributed by atoms with Crippen LogP contribution < -0.4 is 10.9 Å². The summed E-state index contributed by atoms with van der Waals surface area (Å²) >= 11 is 0. The second-order valence-electron chi connectivity index (χ2n) is 9.51. The highest BCUT2D eigenvalue weighted by Crippen LogP contribution is 2.31. The minimum atomic E-state index is -1.16. The monoisotopic (exact) mass is 455 g/mol. The quantitative estimate of drug-likeness (QED) is 0.395. The summed E-state index contributed by atoms with van der Waals surface area (Å²) in [5, 5.41) is 22.1. The van der Waals surface area contributed by atoms with Crippen LogP contribution in [0.2, 0.25) is 0 Å². The van der Waals surface area contributed by atoms with E-state index in [-0.39, 0.29) is 29.8 Å². The third kappa shape index (κ3) is 5.76. The van der Waals surface area contributed by atoms with Crippen molar-refractivity contribution in [3.8, 4) is 0 Å². The SMILES string of the molecule is CC[C@@](O)(Cn1nncc1CCCCC1CCC(=O)NC1=O)c1ccc(=O)n(CC2CC2)c1. The molecule has 0 spiro atoms. The number of imide groups is 1. The van der Waals surface area contributed by atoms with Crippen LogP contribution in [0.4, 0.5) is 0 Å². The van der Waals surface area contributed by atoms with Crippen molar-refractivity contribution in [1.82, 2.24) is 24.9 Å². The summed E-state index contributed by atoms with van der Waals surface area (Å²) in [6, 6.07) is 3.25. The molecule has 0 radical (unpaired) electrons. The standard InChI is InChI=1S/C24H33N5O4/c1-2-24(33,19-10-12-22(31)28(15-19)14-17-7-8-17)16-29-20(13-25-27-29)6-4-3-5-18-9-11-21(30)26-23(18)32/h10,12-13,15,17-18,33H,2-9,11,14,16H2,1H3,(H,26,30,32)/t18?,24-/m1/s1. The van der Waals surface area contributed by atoms with Crippen molar-refractivity contribution in [2.45, 2.75) is 83.4 Å². The minimum Gasteiger partial charge on any atom is -0.383 e. The Morgan fingerprint density at radius 1 is 1.18 bits per heavy atom. The lowest BCUT2D eigenvalue weighted by atomic mass is 9.91. The molecule has 1 saturated carbocycles. The Hall–Kier alpha value is -2.81. The Labute approximate surface area is 193 Å². The minimum absolute atomic E-state index is 0.0402. The van der Waals surface area contributed by atoms with Crippen LogP contribution in [0.15, 0.2) is 29.3 Å². The molecule has 33 heavy (non-hydrogen) atoms. The molecule has 2 amide bonds. The number of unbranched alkanes of at least 4 members (excludes halogenated alkanes) is 1. The van der Waals surface area contributed by atoms with Gasteiger partial charge in [0.05, 0.1) is 18.4 Å². The predicted octanol–water partition coefficient (Wildman–Crippen LogP) is 1.91. The molecule has 2 atom stereocenters. The zero-order valence-corrected chi connectivity index (χ0v) is 19.2. The van der Waals surface area contributed by atoms with Crippen molar-refractivity contribution in [3.63, 3.8) is 0 Å². The molecular formula is C24H33N5O4. The van der Waals surface area contributed by atoms with Crippen LogP contribution in [0.5, 0.6) is 0 Å². The van der Waals surface area contributed by atoms with Gasteiger partial charge in [-0.15, -0.1) is 5.10 Å². The number of carbonyl (C=O) groups is 2. The van der Waals surface area contributed by atoms with Crippen molar-refractivity contribution >= 4 is 11.8 Å². The van der Waals surface area contributed by atoms with Crippen LogP contribution in [0.1, 0.15) is 69.5 Å². The zero-order chi connectivity index (χ0) is 23.4. The molecule has 1 aliphatic carbocycles. The summed E-state index contributed by atoms with van der Waals surface area (Å²) < 4.78 is 3.46. The van der Waals surface area contributed by atoms with E-state index < -0.39 is 5.60 Å². The first kappa shape index (κ1) is 23.4. The van der Waals surface area contributed by atoms with E-state index in [2.05, 4.69) is 15.6 Å². The maximum absolute atomic E-state index is 12.2. The lowest BCUT2D eigenvalue weighted by Crippen LogP contribution is -2.40. The van der Waals surface area contributed by atoms with Gasteiger partial charge < -0.3 is 9.67 Å². The van der Waals surface area contributed by atoms with E-state index in [4.69, 9.17) is 0 Å². The van der Waals surface area contributed by atoms with Crippen molar-refractivity contribution < 1.29 is 14.7 Å². The highest BCUT2D eigenvalue weighted by atomic mass is 16.3. The fourth-order valence-electron chi connectivity index (χ4n) is 4.50. The summed E-state index contributed by atoms with van der Waals surface area (Å²) in [5.41, 5.74) is 0.441. The maximum Gasteiger partial charge on any atom is 0.250 e. The Kier molecular flexibility index (Phi) is 7.07. The lowest BCUT2D eigenvalue weighted by Gasteiger charge is -2.28. The molecule has 1 unspecified atom stereocenters. The molecule has 3 heterocycles. The number of pyridine rings is 1. The van der Waals surface area contributed by atoms with E-state index in [9.17, 15) is 19.5 Å². The number of rotatable bonds is 11. The summed E-state index contributed by atoms with van der Waals surface area (Å²) in [6.45, 7) is 2.88. The molecule has 1 aliphatic heterocycles. The van der Waals surface area contributed by atoms with Gasteiger partial charge in [-0.2, -0.15) is 0 Å². The van der Waals surface area contributed by atoms with Gasteiger partial charge in [-0.05, 0) is 56.9 Å². The second kappa shape index (κ2) is 9.99. The van der Waals surface area contributed by atoms with Gasteiger partial charge in [0, 0.05) is 36.7 Å². The number of carbonyl (C=O) groups excluding carboxylic acids is 2. The molecule has 2 aliphatic rings. The predicted molar refractivity (Wildman–Crippen MR) is 121 cm³/mol. The van der Waals surface area contributed by atoms with Crippen LogP contribution in [-0.4, -0.2) is 36.5 Å². The van der Waals surface area contributed by atoms with Gasteiger partial charge in [0.15, 0.2) is 0 Å². The van der Waals surface area contributed by atoms with E-state index in [0.717, 1.165) is 44.2 Å². The summed E-state index contributed by atoms with van der Waals surface area (Å²) in [5.74, 6) is 0.128. The number of aryl methyl sites for hydroxylation is 1. The van der Waals surface area contributed by atoms with E-state index in [1.54, 1.807) is 27.7 Å². The number of aromatic nitrogens is 4. The maximum atomic E-state index is 12.2. The van der Waals surface area contributed by atoms with Crippen molar-refractivity contribution in [3.05, 3.63) is 46.1 Å². The molecule has 9 nitrogen and oxygen atoms in total. The average molecular weight is 456 g/mol. The molecule has 9 heteroatoms. The van der Waals surface area contributed by atoms with Gasteiger partial charge in [0.1, 0.15) is 5.60 Å². The van der Waals surface area contributed by atoms with Gasteiger partial charge in [-0.1, -0.05) is 18.6 Å². The molecule has 4 rings (SSSR count). The Bertz CT molecular complexity index is 1060. The van der Waals surface area contributed by atoms with E-state index in [1.807, 2.05) is 6.92 Å². The first-order valence-corrected chi connectivity index (χ1v) is 12.0. The van der Waals surface area contributed by atoms with Gasteiger partial charge in [0.2, 0.25) is 11.8 Å². The molecule has 178 valence electrons. The number of nitrogens with one attached hydrogen (secondary N) is 1. The molecule has 1 saturated heterocycles. The second-order valence-corrected chi connectivity index (χ2v) is 9.51. The largest absolute Gasteiger partial charge is 0.383 e. The lowest BCUT2D eigenvalue weighted by molar-refractivity contribution is -0.136. The first-order chi connectivity index (χ1) is 15.9. The first-order valence-electron chi connectivity index (χ1n) is 12.0. The van der Waals surface area contributed by atoms with Gasteiger partial charge in [-0.3, -0.25) is 19.7 Å². The number of hydrogen-bond acceptors (Lipinski definition) is 6. The topological polar surface area (TPSA) is 119 Å². The van der Waals surface area contributed by atoms with Crippen LogP contribution in [0, 0.1) is 11.8 Å². The van der Waals surface area contributed by atoms with Gasteiger partial charge in [-0.25, -0.2) is 4.68 Å². The summed E-state index contributed by atoms with van der Waals surface area (Å²) in [6.07, 6.45) is 10.5. The third-order valence-corrected chi connectivity index (χ3v) is 6.96. The van der Waals surface area contributed by atoms with Crippen LogP contribution in [0.25, 0.3) is 0 Å². The molecular weight excluding hydrogens is 422 g/mol. The van der Waals surface area contributed by atoms with Crippen molar-refractivity contribution in [2.24, 2.45) is 11.8 Å². The molecule has 0 aromatic carbocycles. The number of hydrogen-bond donors (Lipinski definition) is 2. The van der Waals surface area contributed by atoms with Crippen molar-refractivity contribution in [1.29, 1.82) is 0 Å². The van der Waals surface area contributed by atoms with Crippen LogP contribution in [0.3, 0.4) is 0 Å². The highest BCUT2D eigenvalue weighted by molar-refractivity contribution is 5.98. The zero-order valence-electron chi connectivity index (χ0n) is 19.2. The van der Waals surface area contributed by atoms with Crippen LogP contribution in [-0.2, 0) is 34.7 Å². The van der Waals surface area contributed by atoms with Crippen LogP contribution >= 0.6 is 0 Å². The fourth-order valence-corrected chi connectivity index (χ4v) is 4.50. The summed E-state index contributed by atoms with van der Waals surface area (Å²) in [7, 11) is 0. The average Bonchev–Trinajstić information content (AvgIpc) is 3.51. The molecule has 2 fully saturated rings. The van der Waals surface area contributed by atoms with Gasteiger partial charge >= 0.3 is 0 Å². The normalized spacial score (nSPS) is 20.5. The van der Waals surface area contributed by atoms with E-state index in [1.165, 1.54) is 6.07 Å².